The molecule has 0 atom stereocenters. The fraction of sp³-hybridized carbons (Fsp3) is 0.400. The van der Waals surface area contributed by atoms with Gasteiger partial charge in [-0.3, -0.25) is 23.8 Å². The molecule has 4 rings (SSSR count). The topological polar surface area (TPSA) is 79.2 Å². The van der Waals surface area contributed by atoms with Crippen molar-refractivity contribution < 1.29 is 14.3 Å². The van der Waals surface area contributed by atoms with Crippen LogP contribution in [0.1, 0.15) is 28.0 Å². The Labute approximate surface area is 194 Å². The zero-order chi connectivity index (χ0) is 23.2. The standard InChI is InChI=1S/C25H31N5O3/c1-19-25(28(2)23(31)11-8-20-6-4-3-5-7-20)30-18-21(9-10-22(30)27-19)24(32)26-12-13-29-14-16-33-17-15-29/h3-7,9-10,18H,8,11-17H2,1-2H3,(H,26,32). The highest BCUT2D eigenvalue weighted by Gasteiger charge is 2.20. The molecule has 3 aromatic rings. The summed E-state index contributed by atoms with van der Waals surface area (Å²) < 4.78 is 7.18. The van der Waals surface area contributed by atoms with Gasteiger partial charge in [-0.05, 0) is 31.0 Å². The van der Waals surface area contributed by atoms with E-state index in [1.165, 1.54) is 0 Å². The third kappa shape index (κ3) is 5.58. The Morgan fingerprint density at radius 3 is 2.64 bits per heavy atom. The lowest BCUT2D eigenvalue weighted by atomic mass is 10.1. The van der Waals surface area contributed by atoms with Gasteiger partial charge in [0.05, 0.1) is 24.5 Å². The quantitative estimate of drug-likeness (QED) is 0.571. The number of anilines is 1. The second-order valence-electron chi connectivity index (χ2n) is 8.32. The van der Waals surface area contributed by atoms with Crippen molar-refractivity contribution in [3.63, 3.8) is 0 Å². The highest BCUT2D eigenvalue weighted by atomic mass is 16.5. The van der Waals surface area contributed by atoms with Crippen molar-refractivity contribution in [1.82, 2.24) is 19.6 Å². The van der Waals surface area contributed by atoms with E-state index in [1.807, 2.05) is 47.7 Å². The van der Waals surface area contributed by atoms with Gasteiger partial charge in [-0.15, -0.1) is 0 Å². The molecular weight excluding hydrogens is 418 g/mol. The first-order chi connectivity index (χ1) is 16.0. The molecule has 33 heavy (non-hydrogen) atoms. The number of imidazole rings is 1. The maximum absolute atomic E-state index is 12.9. The minimum atomic E-state index is -0.138. The Morgan fingerprint density at radius 1 is 1.12 bits per heavy atom. The maximum Gasteiger partial charge on any atom is 0.252 e. The fourth-order valence-electron chi connectivity index (χ4n) is 4.12. The first-order valence-corrected chi connectivity index (χ1v) is 11.4. The molecule has 1 aliphatic heterocycles. The molecule has 1 N–H and O–H groups in total. The number of aryl methyl sites for hydroxylation is 2. The molecule has 0 aliphatic carbocycles. The number of rotatable bonds is 8. The zero-order valence-electron chi connectivity index (χ0n) is 19.3. The van der Waals surface area contributed by atoms with Gasteiger partial charge in [0.1, 0.15) is 11.5 Å². The number of carbonyl (C=O) groups is 2. The van der Waals surface area contributed by atoms with Gasteiger partial charge in [0, 0.05) is 45.8 Å². The van der Waals surface area contributed by atoms with Crippen LogP contribution in [0.15, 0.2) is 48.7 Å². The summed E-state index contributed by atoms with van der Waals surface area (Å²) in [5.41, 5.74) is 3.11. The molecule has 174 valence electrons. The number of ether oxygens (including phenoxy) is 1. The van der Waals surface area contributed by atoms with Crippen LogP contribution in [0.5, 0.6) is 0 Å². The minimum absolute atomic E-state index is 0.00381. The first-order valence-electron chi connectivity index (χ1n) is 11.4. The number of hydrogen-bond donors (Lipinski definition) is 1. The maximum atomic E-state index is 12.9. The summed E-state index contributed by atoms with van der Waals surface area (Å²) >= 11 is 0. The molecule has 1 fully saturated rings. The number of hydrogen-bond acceptors (Lipinski definition) is 5. The summed E-state index contributed by atoms with van der Waals surface area (Å²) in [6, 6.07) is 13.6. The van der Waals surface area contributed by atoms with Crippen molar-refractivity contribution in [3.05, 3.63) is 65.5 Å². The smallest absolute Gasteiger partial charge is 0.252 e. The number of fused-ring (bicyclic) bond motifs is 1. The van der Waals surface area contributed by atoms with Crippen molar-refractivity contribution in [2.75, 3.05) is 51.3 Å². The van der Waals surface area contributed by atoms with Gasteiger partial charge < -0.3 is 10.1 Å². The lowest BCUT2D eigenvalue weighted by Gasteiger charge is -2.26. The second-order valence-corrected chi connectivity index (χ2v) is 8.32. The van der Waals surface area contributed by atoms with Crippen LogP contribution in [0.3, 0.4) is 0 Å². The van der Waals surface area contributed by atoms with E-state index >= 15 is 0 Å². The van der Waals surface area contributed by atoms with Crippen molar-refractivity contribution >= 4 is 23.3 Å². The van der Waals surface area contributed by atoms with E-state index in [1.54, 1.807) is 24.2 Å². The first kappa shape index (κ1) is 22.9. The minimum Gasteiger partial charge on any atom is -0.379 e. The lowest BCUT2D eigenvalue weighted by Crippen LogP contribution is -2.41. The zero-order valence-corrected chi connectivity index (χ0v) is 19.3. The number of carbonyl (C=O) groups excluding carboxylic acids is 2. The van der Waals surface area contributed by atoms with Crippen molar-refractivity contribution in [3.8, 4) is 0 Å². The van der Waals surface area contributed by atoms with E-state index in [0.717, 1.165) is 44.1 Å². The number of pyridine rings is 1. The van der Waals surface area contributed by atoms with Crippen molar-refractivity contribution in [2.45, 2.75) is 19.8 Å². The van der Waals surface area contributed by atoms with Crippen molar-refractivity contribution in [2.24, 2.45) is 0 Å². The van der Waals surface area contributed by atoms with Gasteiger partial charge >= 0.3 is 0 Å². The van der Waals surface area contributed by atoms with E-state index in [0.29, 0.717) is 36.4 Å². The molecule has 2 amide bonds. The molecule has 1 saturated heterocycles. The van der Waals surface area contributed by atoms with E-state index < -0.39 is 0 Å². The number of amides is 2. The Morgan fingerprint density at radius 2 is 1.88 bits per heavy atom. The number of morpholine rings is 1. The molecule has 0 unspecified atom stereocenters. The lowest BCUT2D eigenvalue weighted by molar-refractivity contribution is -0.118. The fourth-order valence-corrected chi connectivity index (χ4v) is 4.12. The molecule has 8 nitrogen and oxygen atoms in total. The Kier molecular flexibility index (Phi) is 7.36. The van der Waals surface area contributed by atoms with Gasteiger partial charge in [0.25, 0.3) is 5.91 Å². The summed E-state index contributed by atoms with van der Waals surface area (Å²) in [7, 11) is 1.76. The molecule has 1 aromatic carbocycles. The SMILES string of the molecule is Cc1nc2ccc(C(=O)NCCN3CCOCC3)cn2c1N(C)C(=O)CCc1ccccc1. The van der Waals surface area contributed by atoms with E-state index in [4.69, 9.17) is 4.74 Å². The van der Waals surface area contributed by atoms with E-state index in [-0.39, 0.29) is 11.8 Å². The molecule has 0 spiro atoms. The molecule has 0 radical (unpaired) electrons. The predicted octanol–water partition coefficient (Wildman–Crippen LogP) is 2.30. The van der Waals surface area contributed by atoms with E-state index in [9.17, 15) is 9.59 Å². The third-order valence-electron chi connectivity index (χ3n) is 6.00. The van der Waals surface area contributed by atoms with Crippen LogP contribution < -0.4 is 10.2 Å². The van der Waals surface area contributed by atoms with Crippen molar-refractivity contribution in [1.29, 1.82) is 0 Å². The average molecular weight is 450 g/mol. The summed E-state index contributed by atoms with van der Waals surface area (Å²) in [6.45, 7) is 6.52. The predicted molar refractivity (Wildman–Crippen MR) is 128 cm³/mol. The molecule has 0 bridgehead atoms. The highest BCUT2D eigenvalue weighted by molar-refractivity contribution is 5.95. The van der Waals surface area contributed by atoms with Crippen LogP contribution in [0.4, 0.5) is 5.82 Å². The van der Waals surface area contributed by atoms with Crippen LogP contribution in [0.25, 0.3) is 5.65 Å². The number of nitrogens with one attached hydrogen (secondary N) is 1. The third-order valence-corrected chi connectivity index (χ3v) is 6.00. The van der Waals surface area contributed by atoms with Crippen LogP contribution >= 0.6 is 0 Å². The monoisotopic (exact) mass is 449 g/mol. The molecular formula is C25H31N5O3. The number of aromatic nitrogens is 2. The van der Waals surface area contributed by atoms with Crippen LogP contribution in [-0.4, -0.2) is 72.5 Å². The average Bonchev–Trinajstić information content (AvgIpc) is 3.18. The Balaban J connectivity index is 1.43. The van der Waals surface area contributed by atoms with Crippen LogP contribution in [-0.2, 0) is 16.0 Å². The number of benzene rings is 1. The molecule has 0 saturated carbocycles. The van der Waals surface area contributed by atoms with Gasteiger partial charge in [-0.25, -0.2) is 4.98 Å². The molecule has 8 heteroatoms. The largest absolute Gasteiger partial charge is 0.379 e. The summed E-state index contributed by atoms with van der Waals surface area (Å²) in [5.74, 6) is 0.552. The van der Waals surface area contributed by atoms with Crippen LogP contribution in [0, 0.1) is 6.92 Å². The van der Waals surface area contributed by atoms with E-state index in [2.05, 4.69) is 15.2 Å². The van der Waals surface area contributed by atoms with Gasteiger partial charge in [0.15, 0.2) is 0 Å². The van der Waals surface area contributed by atoms with Gasteiger partial charge in [0.2, 0.25) is 5.91 Å². The normalized spacial score (nSPS) is 14.4. The molecule has 3 heterocycles. The van der Waals surface area contributed by atoms with Gasteiger partial charge in [-0.2, -0.15) is 0 Å². The Hall–Kier alpha value is -3.23. The Bertz CT molecular complexity index is 1110. The second kappa shape index (κ2) is 10.6. The summed E-state index contributed by atoms with van der Waals surface area (Å²) in [4.78, 5) is 34.1. The summed E-state index contributed by atoms with van der Waals surface area (Å²) in [6.07, 6.45) is 2.83. The molecule has 2 aromatic heterocycles. The van der Waals surface area contributed by atoms with Gasteiger partial charge in [-0.1, -0.05) is 30.3 Å². The number of nitrogens with zero attached hydrogens (tertiary/aromatic N) is 4. The van der Waals surface area contributed by atoms with Crippen LogP contribution in [0.2, 0.25) is 0 Å². The highest BCUT2D eigenvalue weighted by Crippen LogP contribution is 2.23. The molecule has 1 aliphatic rings. The summed E-state index contributed by atoms with van der Waals surface area (Å²) in [5, 5.41) is 2.99.